The summed E-state index contributed by atoms with van der Waals surface area (Å²) in [4.78, 5) is 14.5. The van der Waals surface area contributed by atoms with Gasteiger partial charge in [-0.2, -0.15) is 0 Å². The Hall–Kier alpha value is -1.84. The number of rotatable bonds is 6. The van der Waals surface area contributed by atoms with Gasteiger partial charge in [0.05, 0.1) is 17.9 Å². The van der Waals surface area contributed by atoms with E-state index in [1.165, 1.54) is 6.26 Å². The number of nitrogens with zero attached hydrogens (tertiary/aromatic N) is 1. The molecule has 6 heteroatoms. The first-order valence-electron chi connectivity index (χ1n) is 7.98. The molecule has 5 nitrogen and oxygen atoms in total. The van der Waals surface area contributed by atoms with Crippen molar-refractivity contribution in [3.8, 4) is 12.3 Å². The predicted octanol–water partition coefficient (Wildman–Crippen LogP) is 1.52. The SMILES string of the molecule is C#CCOCC1CCN(C(=O)Cc2ccc(S(C)(=O)=O)cc2)CC1. The Morgan fingerprint density at radius 1 is 1.29 bits per heavy atom. The molecule has 24 heavy (non-hydrogen) atoms. The highest BCUT2D eigenvalue weighted by Crippen LogP contribution is 2.19. The Labute approximate surface area is 143 Å². The van der Waals surface area contributed by atoms with Crippen LogP contribution in [0.15, 0.2) is 29.2 Å². The van der Waals surface area contributed by atoms with Crippen molar-refractivity contribution in [2.75, 3.05) is 32.6 Å². The number of piperidine rings is 1. The van der Waals surface area contributed by atoms with Crippen LogP contribution in [0.1, 0.15) is 18.4 Å². The predicted molar refractivity (Wildman–Crippen MR) is 92.2 cm³/mol. The molecule has 0 unspecified atom stereocenters. The number of terminal acetylenes is 1. The zero-order valence-electron chi connectivity index (χ0n) is 13.9. The molecular weight excluding hydrogens is 326 g/mol. The molecule has 1 aromatic carbocycles. The molecule has 1 amide bonds. The maximum atomic E-state index is 12.4. The Bertz CT molecular complexity index is 696. The number of amides is 1. The van der Waals surface area contributed by atoms with Gasteiger partial charge in [-0.25, -0.2) is 8.42 Å². The summed E-state index contributed by atoms with van der Waals surface area (Å²) < 4.78 is 28.2. The summed E-state index contributed by atoms with van der Waals surface area (Å²) >= 11 is 0. The Morgan fingerprint density at radius 3 is 2.46 bits per heavy atom. The molecule has 130 valence electrons. The fraction of sp³-hybridized carbons (Fsp3) is 0.500. The van der Waals surface area contributed by atoms with Gasteiger partial charge in [0.2, 0.25) is 5.91 Å². The number of sulfone groups is 1. The van der Waals surface area contributed by atoms with Crippen LogP contribution in [0.5, 0.6) is 0 Å². The number of benzene rings is 1. The average Bonchev–Trinajstić information content (AvgIpc) is 2.55. The maximum absolute atomic E-state index is 12.4. The third kappa shape index (κ3) is 5.36. The van der Waals surface area contributed by atoms with Crippen molar-refractivity contribution in [1.82, 2.24) is 4.90 Å². The topological polar surface area (TPSA) is 63.7 Å². The van der Waals surface area contributed by atoms with Gasteiger partial charge in [0, 0.05) is 19.3 Å². The van der Waals surface area contributed by atoms with Crippen LogP contribution in [0.4, 0.5) is 0 Å². The summed E-state index contributed by atoms with van der Waals surface area (Å²) in [6.45, 7) is 2.44. The van der Waals surface area contributed by atoms with Gasteiger partial charge in [-0.3, -0.25) is 4.79 Å². The minimum absolute atomic E-state index is 0.0742. The normalized spacial score (nSPS) is 15.9. The molecule has 0 aromatic heterocycles. The first-order chi connectivity index (χ1) is 11.4. The van der Waals surface area contributed by atoms with Gasteiger partial charge in [-0.1, -0.05) is 18.1 Å². The first kappa shape index (κ1) is 18.5. The van der Waals surface area contributed by atoms with E-state index in [0.717, 1.165) is 31.5 Å². The van der Waals surface area contributed by atoms with Gasteiger partial charge < -0.3 is 9.64 Å². The minimum atomic E-state index is -3.20. The van der Waals surface area contributed by atoms with E-state index in [4.69, 9.17) is 11.2 Å². The molecule has 0 radical (unpaired) electrons. The number of carbonyl (C=O) groups is 1. The maximum Gasteiger partial charge on any atom is 0.226 e. The standard InChI is InChI=1S/C18H23NO4S/c1-3-12-23-14-16-8-10-19(11-9-16)18(20)13-15-4-6-17(7-5-15)24(2,21)22/h1,4-7,16H,8-14H2,2H3. The van der Waals surface area contributed by atoms with Gasteiger partial charge in [0.15, 0.2) is 9.84 Å². The molecule has 1 aliphatic heterocycles. The van der Waals surface area contributed by atoms with Gasteiger partial charge in [-0.05, 0) is 36.5 Å². The van der Waals surface area contributed by atoms with Crippen molar-refractivity contribution < 1.29 is 17.9 Å². The van der Waals surface area contributed by atoms with E-state index in [9.17, 15) is 13.2 Å². The van der Waals surface area contributed by atoms with Crippen LogP contribution in [0.3, 0.4) is 0 Å². The van der Waals surface area contributed by atoms with E-state index in [1.807, 2.05) is 4.90 Å². The zero-order chi connectivity index (χ0) is 17.6. The number of hydrogen-bond acceptors (Lipinski definition) is 4. The largest absolute Gasteiger partial charge is 0.369 e. The van der Waals surface area contributed by atoms with Crippen LogP contribution in [0.2, 0.25) is 0 Å². The second kappa shape index (κ2) is 8.32. The van der Waals surface area contributed by atoms with Crippen LogP contribution in [0, 0.1) is 18.3 Å². The molecule has 0 bridgehead atoms. The second-order valence-electron chi connectivity index (χ2n) is 6.14. The van der Waals surface area contributed by atoms with E-state index in [-0.39, 0.29) is 10.8 Å². The van der Waals surface area contributed by atoms with Crippen molar-refractivity contribution in [2.24, 2.45) is 5.92 Å². The second-order valence-corrected chi connectivity index (χ2v) is 8.15. The number of carbonyl (C=O) groups excluding carboxylic acids is 1. The lowest BCUT2D eigenvalue weighted by Crippen LogP contribution is -2.40. The van der Waals surface area contributed by atoms with E-state index in [2.05, 4.69) is 5.92 Å². The van der Waals surface area contributed by atoms with Crippen molar-refractivity contribution in [1.29, 1.82) is 0 Å². The van der Waals surface area contributed by atoms with Gasteiger partial charge in [0.1, 0.15) is 6.61 Å². The van der Waals surface area contributed by atoms with E-state index >= 15 is 0 Å². The van der Waals surface area contributed by atoms with E-state index in [1.54, 1.807) is 24.3 Å². The van der Waals surface area contributed by atoms with Crippen LogP contribution in [-0.4, -0.2) is 51.8 Å². The molecule has 0 spiro atoms. The third-order valence-corrected chi connectivity index (χ3v) is 5.34. The summed E-state index contributed by atoms with van der Waals surface area (Å²) in [5, 5.41) is 0. The Balaban J connectivity index is 1.82. The highest BCUT2D eigenvalue weighted by atomic mass is 32.2. The zero-order valence-corrected chi connectivity index (χ0v) is 14.7. The molecule has 1 saturated heterocycles. The van der Waals surface area contributed by atoms with Crippen LogP contribution in [-0.2, 0) is 25.8 Å². The summed E-state index contributed by atoms with van der Waals surface area (Å²) in [5.74, 6) is 2.98. The van der Waals surface area contributed by atoms with Crippen molar-refractivity contribution in [3.05, 3.63) is 29.8 Å². The molecule has 1 heterocycles. The van der Waals surface area contributed by atoms with E-state index in [0.29, 0.717) is 25.6 Å². The van der Waals surface area contributed by atoms with Gasteiger partial charge in [0.25, 0.3) is 0 Å². The number of likely N-dealkylation sites (tertiary alicyclic amines) is 1. The average molecular weight is 349 g/mol. The number of hydrogen-bond donors (Lipinski definition) is 0. The summed E-state index contributed by atoms with van der Waals surface area (Å²) in [7, 11) is -3.20. The smallest absolute Gasteiger partial charge is 0.226 e. The Kier molecular flexibility index (Phi) is 6.41. The summed E-state index contributed by atoms with van der Waals surface area (Å²) in [6, 6.07) is 6.50. The fourth-order valence-corrected chi connectivity index (χ4v) is 3.40. The highest BCUT2D eigenvalue weighted by Gasteiger charge is 2.23. The molecule has 0 saturated carbocycles. The molecule has 0 atom stereocenters. The van der Waals surface area contributed by atoms with Crippen molar-refractivity contribution >= 4 is 15.7 Å². The molecule has 1 aliphatic rings. The monoisotopic (exact) mass is 349 g/mol. The molecule has 2 rings (SSSR count). The number of ether oxygens (including phenoxy) is 1. The lowest BCUT2D eigenvalue weighted by molar-refractivity contribution is -0.132. The van der Waals surface area contributed by atoms with Gasteiger partial charge in [-0.15, -0.1) is 6.42 Å². The molecule has 1 aromatic rings. The van der Waals surface area contributed by atoms with Crippen molar-refractivity contribution in [3.63, 3.8) is 0 Å². The summed E-state index contributed by atoms with van der Waals surface area (Å²) in [5.41, 5.74) is 0.826. The van der Waals surface area contributed by atoms with E-state index < -0.39 is 9.84 Å². The summed E-state index contributed by atoms with van der Waals surface area (Å²) in [6.07, 6.45) is 8.46. The Morgan fingerprint density at radius 2 is 1.92 bits per heavy atom. The van der Waals surface area contributed by atoms with Crippen LogP contribution < -0.4 is 0 Å². The fourth-order valence-electron chi connectivity index (χ4n) is 2.77. The lowest BCUT2D eigenvalue weighted by Gasteiger charge is -2.32. The molecule has 0 N–H and O–H groups in total. The third-order valence-electron chi connectivity index (χ3n) is 4.21. The molecular formula is C18H23NO4S. The quantitative estimate of drug-likeness (QED) is 0.577. The van der Waals surface area contributed by atoms with Crippen molar-refractivity contribution in [2.45, 2.75) is 24.2 Å². The minimum Gasteiger partial charge on any atom is -0.369 e. The molecule has 1 fully saturated rings. The van der Waals surface area contributed by atoms with Crippen LogP contribution >= 0.6 is 0 Å². The lowest BCUT2D eigenvalue weighted by atomic mass is 9.97. The van der Waals surface area contributed by atoms with Crippen LogP contribution in [0.25, 0.3) is 0 Å². The molecule has 0 aliphatic carbocycles. The van der Waals surface area contributed by atoms with Gasteiger partial charge >= 0.3 is 0 Å². The highest BCUT2D eigenvalue weighted by molar-refractivity contribution is 7.90. The first-order valence-corrected chi connectivity index (χ1v) is 9.87.